The van der Waals surface area contributed by atoms with Crippen LogP contribution in [0.15, 0.2) is 24.3 Å². The van der Waals surface area contributed by atoms with Gasteiger partial charge in [0.1, 0.15) is 11.5 Å². The van der Waals surface area contributed by atoms with Crippen LogP contribution in [0.4, 0.5) is 0 Å². The maximum Gasteiger partial charge on any atom is 0.130 e. The summed E-state index contributed by atoms with van der Waals surface area (Å²) < 4.78 is 6.10. The van der Waals surface area contributed by atoms with Crippen LogP contribution in [-0.4, -0.2) is 11.9 Å². The third kappa shape index (κ3) is 4.66. The zero-order chi connectivity index (χ0) is 14.4. The second kappa shape index (κ2) is 7.47. The normalized spacial score (nSPS) is 22.5. The Bertz CT molecular complexity index is 422. The van der Waals surface area contributed by atoms with E-state index in [1.807, 2.05) is 12.1 Å². The summed E-state index contributed by atoms with van der Waals surface area (Å²) in [6.07, 6.45) is 8.14. The summed E-state index contributed by atoms with van der Waals surface area (Å²) in [5, 5.41) is 0. The number of aryl methyl sites for hydroxylation is 1. The van der Waals surface area contributed by atoms with Gasteiger partial charge in [-0.3, -0.25) is 0 Å². The van der Waals surface area contributed by atoms with E-state index in [1.165, 1.54) is 37.7 Å². The summed E-state index contributed by atoms with van der Waals surface area (Å²) in [6.45, 7) is 3.92. The van der Waals surface area contributed by atoms with Gasteiger partial charge in [-0.2, -0.15) is 0 Å². The van der Waals surface area contributed by atoms with Crippen LogP contribution in [0, 0.1) is 5.92 Å². The highest BCUT2D eigenvalue weighted by Gasteiger charge is 2.21. The zero-order valence-corrected chi connectivity index (χ0v) is 12.7. The van der Waals surface area contributed by atoms with Crippen LogP contribution < -0.4 is 4.74 Å². The van der Waals surface area contributed by atoms with E-state index in [9.17, 15) is 4.79 Å². The van der Waals surface area contributed by atoms with Gasteiger partial charge in [0.2, 0.25) is 0 Å². The summed E-state index contributed by atoms with van der Waals surface area (Å²) in [5.41, 5.74) is 1.21. The molecule has 2 rings (SSSR count). The Hall–Kier alpha value is -1.31. The van der Waals surface area contributed by atoms with Crippen molar-refractivity contribution in [1.29, 1.82) is 0 Å². The highest BCUT2D eigenvalue weighted by molar-refractivity contribution is 5.75. The van der Waals surface area contributed by atoms with Crippen molar-refractivity contribution in [2.24, 2.45) is 5.92 Å². The lowest BCUT2D eigenvalue weighted by Crippen LogP contribution is -2.25. The van der Waals surface area contributed by atoms with Crippen LogP contribution >= 0.6 is 0 Å². The average molecular weight is 274 g/mol. The number of hydrogen-bond donors (Lipinski definition) is 0. The average Bonchev–Trinajstić information content (AvgIpc) is 2.47. The number of carbonyl (C=O) groups excluding carboxylic acids is 1. The van der Waals surface area contributed by atoms with E-state index >= 15 is 0 Å². The van der Waals surface area contributed by atoms with Gasteiger partial charge in [-0.05, 0) is 56.2 Å². The largest absolute Gasteiger partial charge is 0.490 e. The molecule has 1 aliphatic carbocycles. The van der Waals surface area contributed by atoms with Crippen LogP contribution in [-0.2, 0) is 11.2 Å². The third-order valence-corrected chi connectivity index (χ3v) is 4.30. The van der Waals surface area contributed by atoms with E-state index in [-0.39, 0.29) is 5.78 Å². The van der Waals surface area contributed by atoms with Crippen LogP contribution in [0.2, 0.25) is 0 Å². The standard InChI is InChI=1S/C18H26O2/c1-3-15-5-4-6-18(13-15)20-17-11-9-16(10-12-17)8-7-14(2)19/h9-12,15,18H,3-8,13H2,1-2H3. The molecule has 0 N–H and O–H groups in total. The van der Waals surface area contributed by atoms with Gasteiger partial charge in [-0.25, -0.2) is 0 Å². The molecule has 1 fully saturated rings. The fourth-order valence-corrected chi connectivity index (χ4v) is 2.97. The Kier molecular flexibility index (Phi) is 5.63. The maximum absolute atomic E-state index is 11.0. The molecule has 1 aromatic carbocycles. The number of carbonyl (C=O) groups is 1. The lowest BCUT2D eigenvalue weighted by molar-refractivity contribution is -0.116. The highest BCUT2D eigenvalue weighted by Crippen LogP contribution is 2.29. The molecule has 1 saturated carbocycles. The molecule has 2 atom stereocenters. The summed E-state index contributed by atoms with van der Waals surface area (Å²) >= 11 is 0. The topological polar surface area (TPSA) is 26.3 Å². The van der Waals surface area contributed by atoms with Gasteiger partial charge in [0.05, 0.1) is 6.10 Å². The Morgan fingerprint density at radius 3 is 2.65 bits per heavy atom. The van der Waals surface area contributed by atoms with Gasteiger partial charge in [0.15, 0.2) is 0 Å². The fraction of sp³-hybridized carbons (Fsp3) is 0.611. The van der Waals surface area contributed by atoms with E-state index in [4.69, 9.17) is 4.74 Å². The summed E-state index contributed by atoms with van der Waals surface area (Å²) in [7, 11) is 0. The fourth-order valence-electron chi connectivity index (χ4n) is 2.97. The van der Waals surface area contributed by atoms with Crippen molar-refractivity contribution in [3.05, 3.63) is 29.8 Å². The van der Waals surface area contributed by atoms with Crippen molar-refractivity contribution in [3.63, 3.8) is 0 Å². The third-order valence-electron chi connectivity index (χ3n) is 4.30. The molecule has 2 unspecified atom stereocenters. The second-order valence-corrected chi connectivity index (χ2v) is 6.03. The van der Waals surface area contributed by atoms with Crippen LogP contribution in [0.25, 0.3) is 0 Å². The predicted octanol–water partition coefficient (Wildman–Crippen LogP) is 4.56. The Balaban J connectivity index is 1.85. The minimum absolute atomic E-state index is 0.248. The predicted molar refractivity (Wildman–Crippen MR) is 82.1 cm³/mol. The van der Waals surface area contributed by atoms with Crippen LogP contribution in [0.5, 0.6) is 5.75 Å². The van der Waals surface area contributed by atoms with Gasteiger partial charge < -0.3 is 9.53 Å². The molecular formula is C18H26O2. The van der Waals surface area contributed by atoms with E-state index in [0.717, 1.165) is 18.1 Å². The first-order valence-corrected chi connectivity index (χ1v) is 7.92. The first-order valence-electron chi connectivity index (χ1n) is 7.92. The number of benzene rings is 1. The van der Waals surface area contributed by atoms with Crippen molar-refractivity contribution in [2.75, 3.05) is 0 Å². The number of rotatable bonds is 6. The summed E-state index contributed by atoms with van der Waals surface area (Å²) in [6, 6.07) is 8.26. The monoisotopic (exact) mass is 274 g/mol. The second-order valence-electron chi connectivity index (χ2n) is 6.03. The maximum atomic E-state index is 11.0. The number of hydrogen-bond acceptors (Lipinski definition) is 2. The Labute approximate surface area is 122 Å². The molecule has 1 aliphatic rings. The molecule has 0 saturated heterocycles. The van der Waals surface area contributed by atoms with Crippen molar-refractivity contribution in [3.8, 4) is 5.75 Å². The van der Waals surface area contributed by atoms with E-state index in [1.54, 1.807) is 6.92 Å². The molecule has 0 radical (unpaired) electrons. The minimum Gasteiger partial charge on any atom is -0.490 e. The van der Waals surface area contributed by atoms with Gasteiger partial charge >= 0.3 is 0 Å². The molecule has 0 spiro atoms. The van der Waals surface area contributed by atoms with Gasteiger partial charge in [0.25, 0.3) is 0 Å². The Morgan fingerprint density at radius 2 is 2.00 bits per heavy atom. The summed E-state index contributed by atoms with van der Waals surface area (Å²) in [5.74, 6) is 2.06. The Morgan fingerprint density at radius 1 is 1.25 bits per heavy atom. The molecule has 0 aromatic heterocycles. The smallest absolute Gasteiger partial charge is 0.130 e. The zero-order valence-electron chi connectivity index (χ0n) is 12.7. The molecule has 20 heavy (non-hydrogen) atoms. The first kappa shape index (κ1) is 15.1. The molecule has 1 aromatic rings. The summed E-state index contributed by atoms with van der Waals surface area (Å²) in [4.78, 5) is 11.0. The number of Topliss-reactive ketones (excluding diaryl/α,β-unsaturated/α-hetero) is 1. The van der Waals surface area contributed by atoms with E-state index in [0.29, 0.717) is 12.5 Å². The van der Waals surface area contributed by atoms with Crippen molar-refractivity contribution >= 4 is 5.78 Å². The quantitative estimate of drug-likeness (QED) is 0.760. The van der Waals surface area contributed by atoms with Gasteiger partial charge in [0, 0.05) is 6.42 Å². The SMILES string of the molecule is CCC1CCCC(Oc2ccc(CCC(C)=O)cc2)C1. The lowest BCUT2D eigenvalue weighted by Gasteiger charge is -2.29. The van der Waals surface area contributed by atoms with Crippen molar-refractivity contribution < 1.29 is 9.53 Å². The molecule has 2 heteroatoms. The molecule has 0 bridgehead atoms. The first-order chi connectivity index (χ1) is 9.67. The molecule has 0 amide bonds. The van der Waals surface area contributed by atoms with E-state index < -0.39 is 0 Å². The molecule has 0 heterocycles. The van der Waals surface area contributed by atoms with Crippen LogP contribution in [0.1, 0.15) is 57.9 Å². The minimum atomic E-state index is 0.248. The van der Waals surface area contributed by atoms with Gasteiger partial charge in [-0.15, -0.1) is 0 Å². The van der Waals surface area contributed by atoms with Crippen molar-refractivity contribution in [2.45, 2.75) is 64.9 Å². The number of ketones is 1. The number of ether oxygens (including phenoxy) is 1. The molecule has 110 valence electrons. The molecule has 0 aliphatic heterocycles. The van der Waals surface area contributed by atoms with E-state index in [2.05, 4.69) is 19.1 Å². The lowest BCUT2D eigenvalue weighted by atomic mass is 9.85. The molecular weight excluding hydrogens is 248 g/mol. The van der Waals surface area contributed by atoms with Crippen LogP contribution in [0.3, 0.4) is 0 Å². The highest BCUT2D eigenvalue weighted by atomic mass is 16.5. The molecule has 2 nitrogen and oxygen atoms in total. The van der Waals surface area contributed by atoms with Gasteiger partial charge in [-0.1, -0.05) is 31.9 Å². The van der Waals surface area contributed by atoms with Crippen molar-refractivity contribution in [1.82, 2.24) is 0 Å².